The third kappa shape index (κ3) is 3.34. The molecule has 0 saturated carbocycles. The van der Waals surface area contributed by atoms with E-state index in [1.165, 1.54) is 86.7 Å². The lowest BCUT2D eigenvalue weighted by Gasteiger charge is -2.16. The summed E-state index contributed by atoms with van der Waals surface area (Å²) in [6.45, 7) is 0. The average molecular weight is 619 g/mol. The molecule has 1 heterocycles. The smallest absolute Gasteiger partial charge is 0.143 e. The van der Waals surface area contributed by atoms with E-state index in [0.717, 1.165) is 32.9 Å². The molecular formula is C48H26O. The van der Waals surface area contributed by atoms with Gasteiger partial charge < -0.3 is 4.42 Å². The summed E-state index contributed by atoms with van der Waals surface area (Å²) in [4.78, 5) is 0. The van der Waals surface area contributed by atoms with E-state index in [2.05, 4.69) is 158 Å². The lowest BCUT2D eigenvalue weighted by molar-refractivity contribution is 0.674. The number of benzene rings is 11. The van der Waals surface area contributed by atoms with Crippen molar-refractivity contribution in [3.63, 3.8) is 0 Å². The summed E-state index contributed by atoms with van der Waals surface area (Å²) in [5.41, 5.74) is 6.58. The molecule has 0 atom stereocenters. The van der Waals surface area contributed by atoms with Crippen molar-refractivity contribution in [1.82, 2.24) is 0 Å². The Balaban J connectivity index is 1.20. The molecule has 0 saturated heterocycles. The second-order valence-corrected chi connectivity index (χ2v) is 13.6. The minimum atomic E-state index is 0.934. The molecule has 11 aromatic carbocycles. The minimum absolute atomic E-state index is 0.934. The van der Waals surface area contributed by atoms with Crippen LogP contribution in [0.1, 0.15) is 0 Å². The van der Waals surface area contributed by atoms with Gasteiger partial charge in [0, 0.05) is 21.7 Å². The van der Waals surface area contributed by atoms with Crippen LogP contribution < -0.4 is 0 Å². The molecule has 12 aromatic rings. The van der Waals surface area contributed by atoms with Crippen molar-refractivity contribution in [1.29, 1.82) is 0 Å². The lowest BCUT2D eigenvalue weighted by atomic mass is 9.87. The first-order chi connectivity index (χ1) is 24.3. The Hall–Kier alpha value is -6.44. The highest BCUT2D eigenvalue weighted by Crippen LogP contribution is 2.47. The van der Waals surface area contributed by atoms with Gasteiger partial charge in [-0.1, -0.05) is 133 Å². The third-order valence-corrected chi connectivity index (χ3v) is 11.1. The average Bonchev–Trinajstić information content (AvgIpc) is 3.56. The zero-order chi connectivity index (χ0) is 31.8. The van der Waals surface area contributed by atoms with Crippen LogP contribution in [0.3, 0.4) is 0 Å². The molecule has 0 spiro atoms. The summed E-state index contributed by atoms with van der Waals surface area (Å²) in [5, 5.41) is 20.1. The standard InChI is InChI=1S/C48H26O/c1-2-10-37-27(5-1)17-22-41-46-36(35-25-33-15-13-28-6-3-7-29-14-16-34(26-35)44(33)42(28)29)23-24-40(48(46)49-47(37)41)38-20-18-32-12-11-30-8-4-9-31-19-21-39(38)45(32)43(30)31/h1-26H. The van der Waals surface area contributed by atoms with E-state index in [-0.39, 0.29) is 0 Å². The summed E-state index contributed by atoms with van der Waals surface area (Å²) in [6.07, 6.45) is 0. The zero-order valence-corrected chi connectivity index (χ0v) is 26.4. The Kier molecular flexibility index (Phi) is 4.77. The first-order valence-corrected chi connectivity index (χ1v) is 17.0. The first-order valence-electron chi connectivity index (χ1n) is 17.0. The molecule has 1 aromatic heterocycles. The van der Waals surface area contributed by atoms with E-state index in [1.807, 2.05) is 0 Å². The Morgan fingerprint density at radius 3 is 1.49 bits per heavy atom. The molecule has 49 heavy (non-hydrogen) atoms. The van der Waals surface area contributed by atoms with Crippen LogP contribution >= 0.6 is 0 Å². The maximum absolute atomic E-state index is 7.10. The van der Waals surface area contributed by atoms with Crippen LogP contribution in [0.2, 0.25) is 0 Å². The van der Waals surface area contributed by atoms with Gasteiger partial charge in [0.15, 0.2) is 0 Å². The quantitative estimate of drug-likeness (QED) is 0.176. The highest BCUT2D eigenvalue weighted by Gasteiger charge is 2.22. The Morgan fingerprint density at radius 2 is 0.755 bits per heavy atom. The Bertz CT molecular complexity index is 3240. The summed E-state index contributed by atoms with van der Waals surface area (Å²) < 4.78 is 7.10. The number of hydrogen-bond acceptors (Lipinski definition) is 1. The summed E-state index contributed by atoms with van der Waals surface area (Å²) in [7, 11) is 0. The van der Waals surface area contributed by atoms with Crippen LogP contribution in [-0.4, -0.2) is 0 Å². The van der Waals surface area contributed by atoms with Gasteiger partial charge in [-0.2, -0.15) is 0 Å². The van der Waals surface area contributed by atoms with Gasteiger partial charge in [0.1, 0.15) is 11.2 Å². The molecule has 1 heteroatoms. The molecule has 0 aliphatic rings. The molecule has 12 rings (SSSR count). The van der Waals surface area contributed by atoms with Gasteiger partial charge in [0.05, 0.1) is 0 Å². The molecule has 1 nitrogen and oxygen atoms in total. The fourth-order valence-corrected chi connectivity index (χ4v) is 8.94. The van der Waals surface area contributed by atoms with E-state index in [4.69, 9.17) is 4.42 Å². The molecule has 0 amide bonds. The largest absolute Gasteiger partial charge is 0.455 e. The molecule has 0 aliphatic heterocycles. The number of furan rings is 1. The molecule has 0 fully saturated rings. The molecule has 0 radical (unpaired) electrons. The second-order valence-electron chi connectivity index (χ2n) is 13.6. The summed E-state index contributed by atoms with van der Waals surface area (Å²) >= 11 is 0. The lowest BCUT2D eigenvalue weighted by Crippen LogP contribution is -1.89. The van der Waals surface area contributed by atoms with Crippen LogP contribution in [0.5, 0.6) is 0 Å². The van der Waals surface area contributed by atoms with Crippen molar-refractivity contribution in [3.05, 3.63) is 158 Å². The maximum Gasteiger partial charge on any atom is 0.143 e. The van der Waals surface area contributed by atoms with Crippen molar-refractivity contribution in [3.8, 4) is 22.3 Å². The van der Waals surface area contributed by atoms with E-state index < -0.39 is 0 Å². The van der Waals surface area contributed by atoms with E-state index in [9.17, 15) is 0 Å². The fraction of sp³-hybridized carbons (Fsp3) is 0. The molecule has 224 valence electrons. The SMILES string of the molecule is c1ccc2c(c1)ccc1c2oc2c(-c3ccc4ccc5cccc6ccc3c4c56)ccc(-c3cc4ccc5cccc6ccc(c3)c4c56)c21. The molecular weight excluding hydrogens is 593 g/mol. The van der Waals surface area contributed by atoms with Gasteiger partial charge in [0.25, 0.3) is 0 Å². The predicted molar refractivity (Wildman–Crippen MR) is 210 cm³/mol. The van der Waals surface area contributed by atoms with Crippen molar-refractivity contribution in [2.75, 3.05) is 0 Å². The molecule has 0 aliphatic carbocycles. The highest BCUT2D eigenvalue weighted by atomic mass is 16.3. The number of rotatable bonds is 2. The van der Waals surface area contributed by atoms with Crippen molar-refractivity contribution >= 4 is 97.3 Å². The maximum atomic E-state index is 7.10. The van der Waals surface area contributed by atoms with Gasteiger partial charge in [0.2, 0.25) is 0 Å². The second kappa shape index (κ2) is 9.13. The minimum Gasteiger partial charge on any atom is -0.455 e. The monoisotopic (exact) mass is 618 g/mol. The van der Waals surface area contributed by atoms with Gasteiger partial charge >= 0.3 is 0 Å². The van der Waals surface area contributed by atoms with Gasteiger partial charge in [-0.15, -0.1) is 0 Å². The van der Waals surface area contributed by atoms with E-state index in [0.29, 0.717) is 0 Å². The normalized spacial score (nSPS) is 12.5. The predicted octanol–water partition coefficient (Wildman–Crippen LogP) is 13.9. The topological polar surface area (TPSA) is 13.1 Å². The fourth-order valence-electron chi connectivity index (χ4n) is 8.94. The van der Waals surface area contributed by atoms with E-state index >= 15 is 0 Å². The highest BCUT2D eigenvalue weighted by molar-refractivity contribution is 6.29. The van der Waals surface area contributed by atoms with Crippen molar-refractivity contribution < 1.29 is 4.42 Å². The third-order valence-electron chi connectivity index (χ3n) is 11.1. The van der Waals surface area contributed by atoms with Crippen LogP contribution in [-0.2, 0) is 0 Å². The van der Waals surface area contributed by atoms with Crippen LogP contribution in [0.25, 0.3) is 120 Å². The van der Waals surface area contributed by atoms with Crippen LogP contribution in [0.4, 0.5) is 0 Å². The van der Waals surface area contributed by atoms with E-state index in [1.54, 1.807) is 0 Å². The van der Waals surface area contributed by atoms with Crippen molar-refractivity contribution in [2.24, 2.45) is 0 Å². The number of hydrogen-bond donors (Lipinski definition) is 0. The zero-order valence-electron chi connectivity index (χ0n) is 26.4. The molecule has 0 N–H and O–H groups in total. The Labute approximate surface area is 280 Å². The van der Waals surface area contributed by atoms with Crippen LogP contribution in [0.15, 0.2) is 162 Å². The molecule has 0 unspecified atom stereocenters. The van der Waals surface area contributed by atoms with Gasteiger partial charge in [-0.3, -0.25) is 0 Å². The van der Waals surface area contributed by atoms with Gasteiger partial charge in [-0.05, 0) is 111 Å². The summed E-state index contributed by atoms with van der Waals surface area (Å²) in [6, 6.07) is 58.3. The number of fused-ring (bicyclic) bond motifs is 5. The summed E-state index contributed by atoms with van der Waals surface area (Å²) in [5.74, 6) is 0. The van der Waals surface area contributed by atoms with Crippen LogP contribution in [0, 0.1) is 0 Å². The molecule has 0 bridgehead atoms. The van der Waals surface area contributed by atoms with Crippen molar-refractivity contribution in [2.45, 2.75) is 0 Å². The first kappa shape index (κ1) is 25.6. The Morgan fingerprint density at radius 1 is 0.265 bits per heavy atom. The van der Waals surface area contributed by atoms with Gasteiger partial charge in [-0.25, -0.2) is 0 Å².